The van der Waals surface area contributed by atoms with E-state index in [0.29, 0.717) is 13.0 Å². The van der Waals surface area contributed by atoms with Crippen molar-refractivity contribution < 1.29 is 14.7 Å². The monoisotopic (exact) mass is 216 g/mol. The highest BCUT2D eigenvalue weighted by Crippen LogP contribution is 2.19. The minimum absolute atomic E-state index is 0.0753. The second kappa shape index (κ2) is 6.63. The smallest absolute Gasteiger partial charge is 0.396 e. The molecular formula is C10H20N2O3. The maximum absolute atomic E-state index is 11.4. The summed E-state index contributed by atoms with van der Waals surface area (Å²) in [4.78, 5) is 17.3. The highest BCUT2D eigenvalue weighted by Gasteiger charge is 2.24. The van der Waals surface area contributed by atoms with Crippen LogP contribution in [-0.2, 0) is 4.84 Å². The van der Waals surface area contributed by atoms with Crippen molar-refractivity contribution >= 4 is 6.09 Å². The van der Waals surface area contributed by atoms with Gasteiger partial charge in [-0.3, -0.25) is 0 Å². The molecule has 1 aliphatic rings. The largest absolute Gasteiger partial charge is 0.428 e. The zero-order valence-electron chi connectivity index (χ0n) is 9.02. The minimum Gasteiger partial charge on any atom is -0.396 e. The summed E-state index contributed by atoms with van der Waals surface area (Å²) in [5.74, 6) is 4.90. The molecule has 0 aromatic heterocycles. The molecule has 1 fully saturated rings. The molecule has 1 rings (SSSR count). The van der Waals surface area contributed by atoms with Gasteiger partial charge in [0.15, 0.2) is 0 Å². The molecule has 0 aromatic carbocycles. The molecule has 3 N–H and O–H groups in total. The van der Waals surface area contributed by atoms with Gasteiger partial charge in [0.05, 0.1) is 0 Å². The predicted octanol–water partition coefficient (Wildman–Crippen LogP) is 1.01. The van der Waals surface area contributed by atoms with E-state index in [1.165, 1.54) is 6.42 Å². The number of amides is 1. The zero-order chi connectivity index (χ0) is 11.1. The molecule has 15 heavy (non-hydrogen) atoms. The Morgan fingerprint density at radius 2 is 2.13 bits per heavy atom. The highest BCUT2D eigenvalue weighted by atomic mass is 16.7. The Hall–Kier alpha value is -0.810. The molecular weight excluding hydrogens is 196 g/mol. The molecule has 0 saturated carbocycles. The molecule has 1 atom stereocenters. The summed E-state index contributed by atoms with van der Waals surface area (Å²) in [7, 11) is 0. The average molecular weight is 216 g/mol. The second-order valence-electron chi connectivity index (χ2n) is 3.95. The number of nitrogens with zero attached hydrogens (tertiary/aromatic N) is 1. The lowest BCUT2D eigenvalue weighted by atomic mass is 10.0. The van der Waals surface area contributed by atoms with Crippen molar-refractivity contribution in [2.45, 2.75) is 44.6 Å². The van der Waals surface area contributed by atoms with E-state index >= 15 is 0 Å². The van der Waals surface area contributed by atoms with E-state index in [2.05, 4.69) is 4.84 Å². The van der Waals surface area contributed by atoms with Crippen molar-refractivity contribution in [2.75, 3.05) is 13.2 Å². The van der Waals surface area contributed by atoms with E-state index in [0.717, 1.165) is 25.7 Å². The number of rotatable bonds is 2. The summed E-state index contributed by atoms with van der Waals surface area (Å²) in [6.45, 7) is 0.777. The molecule has 1 saturated heterocycles. The van der Waals surface area contributed by atoms with Crippen LogP contribution in [0.25, 0.3) is 0 Å². The first-order valence-corrected chi connectivity index (χ1v) is 5.57. The van der Waals surface area contributed by atoms with E-state index in [9.17, 15) is 4.79 Å². The van der Waals surface area contributed by atoms with Gasteiger partial charge in [0.2, 0.25) is 0 Å². The molecule has 5 heteroatoms. The fourth-order valence-corrected chi connectivity index (χ4v) is 2.11. The number of aliphatic hydroxyl groups is 1. The molecule has 0 unspecified atom stereocenters. The summed E-state index contributed by atoms with van der Waals surface area (Å²) < 4.78 is 0. The summed E-state index contributed by atoms with van der Waals surface area (Å²) in [5, 5.41) is 8.94. The summed E-state index contributed by atoms with van der Waals surface area (Å²) in [6.07, 6.45) is 5.48. The first-order valence-electron chi connectivity index (χ1n) is 5.57. The number of nitrogens with two attached hydrogens (primary N) is 1. The predicted molar refractivity (Wildman–Crippen MR) is 56.0 cm³/mol. The molecule has 5 nitrogen and oxygen atoms in total. The van der Waals surface area contributed by atoms with E-state index in [1.807, 2.05) is 0 Å². The van der Waals surface area contributed by atoms with Crippen molar-refractivity contribution in [1.82, 2.24) is 4.90 Å². The van der Waals surface area contributed by atoms with Gasteiger partial charge < -0.3 is 14.8 Å². The van der Waals surface area contributed by atoms with Gasteiger partial charge in [-0.15, -0.1) is 0 Å². The number of aliphatic hydroxyl groups excluding tert-OH is 1. The van der Waals surface area contributed by atoms with Crippen LogP contribution in [0.1, 0.15) is 38.5 Å². The van der Waals surface area contributed by atoms with Gasteiger partial charge in [0, 0.05) is 19.2 Å². The Kier molecular flexibility index (Phi) is 5.42. The van der Waals surface area contributed by atoms with Gasteiger partial charge in [0.25, 0.3) is 0 Å². The van der Waals surface area contributed by atoms with Crippen LogP contribution in [0.15, 0.2) is 0 Å². The van der Waals surface area contributed by atoms with Gasteiger partial charge in [0.1, 0.15) is 0 Å². The van der Waals surface area contributed by atoms with Crippen LogP contribution in [0, 0.1) is 0 Å². The molecule has 0 radical (unpaired) electrons. The minimum atomic E-state index is -0.477. The number of hydrogen-bond acceptors (Lipinski definition) is 4. The Labute approximate surface area is 90.1 Å². The average Bonchev–Trinajstić information content (AvgIpc) is 2.22. The third kappa shape index (κ3) is 3.68. The first kappa shape index (κ1) is 12.3. The van der Waals surface area contributed by atoms with Crippen LogP contribution in [0.5, 0.6) is 0 Å². The van der Waals surface area contributed by atoms with Gasteiger partial charge in [-0.1, -0.05) is 19.3 Å². The highest BCUT2D eigenvalue weighted by molar-refractivity contribution is 5.67. The Morgan fingerprint density at radius 1 is 1.40 bits per heavy atom. The topological polar surface area (TPSA) is 75.8 Å². The van der Waals surface area contributed by atoms with Crippen LogP contribution in [0.2, 0.25) is 0 Å². The van der Waals surface area contributed by atoms with Crippen molar-refractivity contribution in [3.05, 3.63) is 0 Å². The lowest BCUT2D eigenvalue weighted by Gasteiger charge is -2.31. The standard InChI is InChI=1S/C10H20N2O3/c11-15-10(14)12-7-4-2-1-3-5-9(12)6-8-13/h9,13H,1-8,11H2/t9-/m1/s1. The molecule has 1 aliphatic heterocycles. The van der Waals surface area contributed by atoms with E-state index in [-0.39, 0.29) is 12.6 Å². The summed E-state index contributed by atoms with van der Waals surface area (Å²) in [5.41, 5.74) is 0. The SMILES string of the molecule is NOC(=O)N1CCCCCC[C@@H]1CCO. The fourth-order valence-electron chi connectivity index (χ4n) is 2.11. The van der Waals surface area contributed by atoms with Crippen LogP contribution < -0.4 is 5.90 Å². The molecule has 0 aliphatic carbocycles. The number of carbonyl (C=O) groups excluding carboxylic acids is 1. The van der Waals surface area contributed by atoms with Crippen molar-refractivity contribution in [3.63, 3.8) is 0 Å². The maximum Gasteiger partial charge on any atom is 0.428 e. The number of hydrogen-bond donors (Lipinski definition) is 2. The van der Waals surface area contributed by atoms with E-state index in [1.54, 1.807) is 4.90 Å². The Morgan fingerprint density at radius 3 is 2.80 bits per heavy atom. The normalized spacial score (nSPS) is 23.1. The van der Waals surface area contributed by atoms with Crippen LogP contribution in [0.3, 0.4) is 0 Å². The third-order valence-electron chi connectivity index (χ3n) is 2.92. The van der Waals surface area contributed by atoms with Crippen LogP contribution >= 0.6 is 0 Å². The van der Waals surface area contributed by atoms with Crippen LogP contribution in [0.4, 0.5) is 4.79 Å². The first-order chi connectivity index (χ1) is 7.29. The molecule has 0 aromatic rings. The van der Waals surface area contributed by atoms with E-state index < -0.39 is 6.09 Å². The Bertz CT molecular complexity index is 199. The number of carbonyl (C=O) groups is 1. The fraction of sp³-hybridized carbons (Fsp3) is 0.900. The van der Waals surface area contributed by atoms with Crippen molar-refractivity contribution in [3.8, 4) is 0 Å². The van der Waals surface area contributed by atoms with Gasteiger partial charge in [-0.05, 0) is 19.3 Å². The van der Waals surface area contributed by atoms with Crippen molar-refractivity contribution in [1.29, 1.82) is 0 Å². The quantitative estimate of drug-likeness (QED) is 0.675. The zero-order valence-corrected chi connectivity index (χ0v) is 9.02. The molecule has 1 amide bonds. The lowest BCUT2D eigenvalue weighted by Crippen LogP contribution is -2.43. The lowest BCUT2D eigenvalue weighted by molar-refractivity contribution is 0.0729. The van der Waals surface area contributed by atoms with E-state index in [4.69, 9.17) is 11.0 Å². The third-order valence-corrected chi connectivity index (χ3v) is 2.92. The van der Waals surface area contributed by atoms with Gasteiger partial charge in [-0.25, -0.2) is 4.79 Å². The Balaban J connectivity index is 2.59. The number of likely N-dealkylation sites (tertiary alicyclic amines) is 1. The molecule has 88 valence electrons. The van der Waals surface area contributed by atoms with Gasteiger partial charge >= 0.3 is 6.09 Å². The van der Waals surface area contributed by atoms with Crippen molar-refractivity contribution in [2.24, 2.45) is 5.90 Å². The molecule has 0 bridgehead atoms. The molecule has 1 heterocycles. The maximum atomic E-state index is 11.4. The summed E-state index contributed by atoms with van der Waals surface area (Å²) >= 11 is 0. The summed E-state index contributed by atoms with van der Waals surface area (Å²) in [6, 6.07) is 0.0753. The van der Waals surface area contributed by atoms with Crippen LogP contribution in [-0.4, -0.2) is 35.3 Å². The molecule has 0 spiro atoms. The van der Waals surface area contributed by atoms with Gasteiger partial charge in [-0.2, -0.15) is 5.90 Å². The second-order valence-corrected chi connectivity index (χ2v) is 3.95.